The molecule has 2 rings (SSSR count). The highest BCUT2D eigenvalue weighted by molar-refractivity contribution is 7.89. The van der Waals surface area contributed by atoms with Crippen LogP contribution in [0.3, 0.4) is 0 Å². The summed E-state index contributed by atoms with van der Waals surface area (Å²) >= 11 is 0. The first kappa shape index (κ1) is 16.0. The average Bonchev–Trinajstić information content (AvgIpc) is 2.81. The summed E-state index contributed by atoms with van der Waals surface area (Å²) < 4.78 is 28.0. The van der Waals surface area contributed by atoms with Gasteiger partial charge in [0.1, 0.15) is 6.61 Å². The summed E-state index contributed by atoms with van der Waals surface area (Å²) in [6.07, 6.45) is 2.99. The van der Waals surface area contributed by atoms with Crippen LogP contribution in [0.15, 0.2) is 23.1 Å². The molecule has 1 aromatic carbocycles. The number of aryl methyl sites for hydroxylation is 1. The molecule has 0 saturated heterocycles. The Hall–Kier alpha value is -1.35. The van der Waals surface area contributed by atoms with E-state index in [2.05, 4.69) is 23.5 Å². The zero-order chi connectivity index (χ0) is 15.5. The first-order chi connectivity index (χ1) is 9.94. The van der Waals surface area contributed by atoms with Gasteiger partial charge in [0.25, 0.3) is 0 Å². The Morgan fingerprint density at radius 2 is 2.14 bits per heavy atom. The Bertz CT molecular complexity index is 670. The number of rotatable bonds is 3. The van der Waals surface area contributed by atoms with Crippen LogP contribution in [0.2, 0.25) is 0 Å². The van der Waals surface area contributed by atoms with Gasteiger partial charge in [-0.1, -0.05) is 31.3 Å². The summed E-state index contributed by atoms with van der Waals surface area (Å²) in [5.74, 6) is 5.61. The highest BCUT2D eigenvalue weighted by atomic mass is 32.2. The molecular formula is C16H21NO3S. The maximum Gasteiger partial charge on any atom is 0.242 e. The van der Waals surface area contributed by atoms with Gasteiger partial charge in [0.15, 0.2) is 0 Å². The number of nitrogens with one attached hydrogen (secondary N) is 1. The lowest BCUT2D eigenvalue weighted by atomic mass is 10.1. The standard InChI is InChI=1S/C16H21NO3S/c1-12-8-9-16(14(11-12)6-4-10-18)21(19,20)17-15-7-3-5-13(15)2/h8-9,11,13,15,17-18H,3,5,7,10H2,1-2H3. The van der Waals surface area contributed by atoms with Crippen molar-refractivity contribution >= 4 is 10.0 Å². The fourth-order valence-electron chi connectivity index (χ4n) is 2.69. The zero-order valence-corrected chi connectivity index (χ0v) is 13.2. The molecule has 0 aliphatic heterocycles. The van der Waals surface area contributed by atoms with Crippen LogP contribution in [0.4, 0.5) is 0 Å². The lowest BCUT2D eigenvalue weighted by molar-refractivity contribution is 0.350. The van der Waals surface area contributed by atoms with Crippen LogP contribution in [0.1, 0.15) is 37.3 Å². The van der Waals surface area contributed by atoms with Gasteiger partial charge >= 0.3 is 0 Å². The third-order valence-electron chi connectivity index (χ3n) is 3.89. The van der Waals surface area contributed by atoms with Crippen molar-refractivity contribution in [2.75, 3.05) is 6.61 Å². The molecule has 2 N–H and O–H groups in total. The number of sulfonamides is 1. The molecule has 1 fully saturated rings. The van der Waals surface area contributed by atoms with Crippen molar-refractivity contribution in [2.24, 2.45) is 5.92 Å². The molecule has 1 aliphatic carbocycles. The number of aliphatic hydroxyl groups excluding tert-OH is 1. The second kappa shape index (κ2) is 6.61. The van der Waals surface area contributed by atoms with Gasteiger partial charge in [-0.05, 0) is 43.4 Å². The van der Waals surface area contributed by atoms with Gasteiger partial charge in [-0.25, -0.2) is 13.1 Å². The number of hydrogen-bond donors (Lipinski definition) is 2. The summed E-state index contributed by atoms with van der Waals surface area (Å²) in [7, 11) is -3.59. The van der Waals surface area contributed by atoms with Crippen molar-refractivity contribution < 1.29 is 13.5 Å². The van der Waals surface area contributed by atoms with E-state index in [1.54, 1.807) is 18.2 Å². The lowest BCUT2D eigenvalue weighted by Gasteiger charge is -2.18. The van der Waals surface area contributed by atoms with Crippen molar-refractivity contribution in [2.45, 2.75) is 44.0 Å². The average molecular weight is 307 g/mol. The fraction of sp³-hybridized carbons (Fsp3) is 0.500. The molecular weight excluding hydrogens is 286 g/mol. The van der Waals surface area contributed by atoms with Crippen LogP contribution in [0.25, 0.3) is 0 Å². The Balaban J connectivity index is 2.35. The molecule has 114 valence electrons. The van der Waals surface area contributed by atoms with Gasteiger partial charge in [0.2, 0.25) is 10.0 Å². The SMILES string of the molecule is Cc1ccc(S(=O)(=O)NC2CCCC2C)c(C#CCO)c1. The molecule has 0 heterocycles. The maximum absolute atomic E-state index is 12.6. The van der Waals surface area contributed by atoms with Crippen molar-refractivity contribution in [3.8, 4) is 11.8 Å². The Morgan fingerprint density at radius 3 is 2.76 bits per heavy atom. The molecule has 4 nitrogen and oxygen atoms in total. The van der Waals surface area contributed by atoms with Crippen molar-refractivity contribution in [1.82, 2.24) is 4.72 Å². The van der Waals surface area contributed by atoms with Crippen LogP contribution >= 0.6 is 0 Å². The maximum atomic E-state index is 12.6. The number of hydrogen-bond acceptors (Lipinski definition) is 3. The Kier molecular flexibility index (Phi) is 5.04. The molecule has 1 aromatic rings. The van der Waals surface area contributed by atoms with Crippen molar-refractivity contribution in [3.05, 3.63) is 29.3 Å². The van der Waals surface area contributed by atoms with E-state index in [4.69, 9.17) is 5.11 Å². The summed E-state index contributed by atoms with van der Waals surface area (Å²) in [6.45, 7) is 3.66. The molecule has 2 atom stereocenters. The van der Waals surface area contributed by atoms with Crippen LogP contribution in [0, 0.1) is 24.7 Å². The first-order valence-corrected chi connectivity index (χ1v) is 8.65. The van der Waals surface area contributed by atoms with Gasteiger partial charge in [-0.15, -0.1) is 0 Å². The first-order valence-electron chi connectivity index (χ1n) is 7.17. The summed E-state index contributed by atoms with van der Waals surface area (Å²) in [5.41, 5.74) is 1.37. The predicted octanol–water partition coefficient (Wildman–Crippen LogP) is 1.81. The van der Waals surface area contributed by atoms with E-state index in [-0.39, 0.29) is 17.5 Å². The molecule has 0 bridgehead atoms. The zero-order valence-electron chi connectivity index (χ0n) is 12.4. The number of aliphatic hydroxyl groups is 1. The van der Waals surface area contributed by atoms with Crippen LogP contribution in [-0.4, -0.2) is 26.2 Å². The Morgan fingerprint density at radius 1 is 1.38 bits per heavy atom. The lowest BCUT2D eigenvalue weighted by Crippen LogP contribution is -2.36. The van der Waals surface area contributed by atoms with Gasteiger partial charge < -0.3 is 5.11 Å². The third kappa shape index (κ3) is 3.85. The quantitative estimate of drug-likeness (QED) is 0.837. The van der Waals surface area contributed by atoms with Crippen LogP contribution in [0.5, 0.6) is 0 Å². The fourth-order valence-corrected chi connectivity index (χ4v) is 4.22. The molecule has 1 saturated carbocycles. The molecule has 0 aromatic heterocycles. The molecule has 0 radical (unpaired) electrons. The van der Waals surface area contributed by atoms with E-state index >= 15 is 0 Å². The molecule has 2 unspecified atom stereocenters. The summed E-state index contributed by atoms with van der Waals surface area (Å²) in [5, 5.41) is 8.82. The predicted molar refractivity (Wildman–Crippen MR) is 82.3 cm³/mol. The minimum atomic E-state index is -3.59. The van der Waals surface area contributed by atoms with E-state index in [1.165, 1.54) is 0 Å². The highest BCUT2D eigenvalue weighted by Crippen LogP contribution is 2.27. The van der Waals surface area contributed by atoms with Crippen molar-refractivity contribution in [1.29, 1.82) is 0 Å². The van der Waals surface area contributed by atoms with E-state index < -0.39 is 10.0 Å². The monoisotopic (exact) mass is 307 g/mol. The topological polar surface area (TPSA) is 66.4 Å². The molecule has 0 spiro atoms. The molecule has 5 heteroatoms. The second-order valence-electron chi connectivity index (χ2n) is 5.60. The van der Waals surface area contributed by atoms with Gasteiger partial charge in [0, 0.05) is 11.6 Å². The van der Waals surface area contributed by atoms with Crippen LogP contribution < -0.4 is 4.72 Å². The minimum absolute atomic E-state index is 0.00467. The van der Waals surface area contributed by atoms with Gasteiger partial charge in [0.05, 0.1) is 4.90 Å². The highest BCUT2D eigenvalue weighted by Gasteiger charge is 2.29. The van der Waals surface area contributed by atoms with E-state index in [0.29, 0.717) is 11.5 Å². The Labute approximate surface area is 126 Å². The van der Waals surface area contributed by atoms with E-state index in [1.807, 2.05) is 6.92 Å². The minimum Gasteiger partial charge on any atom is -0.384 e. The van der Waals surface area contributed by atoms with Gasteiger partial charge in [-0.2, -0.15) is 0 Å². The third-order valence-corrected chi connectivity index (χ3v) is 5.44. The summed E-state index contributed by atoms with van der Waals surface area (Å²) in [6, 6.07) is 5.07. The van der Waals surface area contributed by atoms with E-state index in [9.17, 15) is 8.42 Å². The second-order valence-corrected chi connectivity index (χ2v) is 7.28. The molecule has 1 aliphatic rings. The molecule has 0 amide bonds. The van der Waals surface area contributed by atoms with Gasteiger partial charge in [-0.3, -0.25) is 0 Å². The number of benzene rings is 1. The van der Waals surface area contributed by atoms with Crippen LogP contribution in [-0.2, 0) is 10.0 Å². The molecule has 21 heavy (non-hydrogen) atoms. The summed E-state index contributed by atoms with van der Waals surface area (Å²) in [4.78, 5) is 0.188. The van der Waals surface area contributed by atoms with E-state index in [0.717, 1.165) is 24.8 Å². The van der Waals surface area contributed by atoms with Crippen molar-refractivity contribution in [3.63, 3.8) is 0 Å². The smallest absolute Gasteiger partial charge is 0.242 e. The largest absolute Gasteiger partial charge is 0.384 e. The normalized spacial score (nSPS) is 21.9.